The van der Waals surface area contributed by atoms with Gasteiger partial charge in [-0.15, -0.1) is 0 Å². The zero-order chi connectivity index (χ0) is 17.4. The number of nitrogens with zero attached hydrogens (tertiary/aromatic N) is 3. The number of methoxy groups -OCH3 is 1. The number of carbonyl (C=O) groups excluding carboxylic acids is 1. The van der Waals surface area contributed by atoms with Crippen molar-refractivity contribution in [3.8, 4) is 0 Å². The van der Waals surface area contributed by atoms with E-state index in [1.54, 1.807) is 7.11 Å². The highest BCUT2D eigenvalue weighted by Crippen LogP contribution is 2.33. The topological polar surface area (TPSA) is 47.4 Å². The summed E-state index contributed by atoms with van der Waals surface area (Å²) in [5.74, 6) is 1.02. The Balaban J connectivity index is 1.60. The Bertz CT molecular complexity index is 779. The Morgan fingerprint density at radius 1 is 1.32 bits per heavy atom. The van der Waals surface area contributed by atoms with Crippen LogP contribution in [0.3, 0.4) is 0 Å². The lowest BCUT2D eigenvalue weighted by atomic mass is 9.96. The molecule has 25 heavy (non-hydrogen) atoms. The Labute approximate surface area is 148 Å². The molecule has 2 heterocycles. The molecule has 1 fully saturated rings. The maximum absolute atomic E-state index is 13.0. The summed E-state index contributed by atoms with van der Waals surface area (Å²) < 4.78 is 7.49. The molecule has 0 unspecified atom stereocenters. The highest BCUT2D eigenvalue weighted by atomic mass is 16.5. The standard InChI is InChI=1S/C20H25N3O2/c1-14-5-3-4-6-18(14)20(24)22-10-16-12-23(9-15-7-8-15)21-19(16)17(11-22)13-25-2/h3-6,12,15,17H,7-11,13H2,1-2H3/t17-/m0/s1. The molecule has 5 nitrogen and oxygen atoms in total. The molecule has 0 N–H and O–H groups in total. The van der Waals surface area contributed by atoms with Gasteiger partial charge >= 0.3 is 0 Å². The maximum Gasteiger partial charge on any atom is 0.254 e. The Morgan fingerprint density at radius 2 is 2.12 bits per heavy atom. The molecule has 0 radical (unpaired) electrons. The summed E-state index contributed by atoms with van der Waals surface area (Å²) in [6, 6.07) is 7.80. The van der Waals surface area contributed by atoms with Crippen LogP contribution < -0.4 is 0 Å². The van der Waals surface area contributed by atoms with E-state index in [2.05, 4.69) is 10.9 Å². The van der Waals surface area contributed by atoms with Gasteiger partial charge in [0.25, 0.3) is 5.91 Å². The van der Waals surface area contributed by atoms with Gasteiger partial charge in [-0.25, -0.2) is 0 Å². The van der Waals surface area contributed by atoms with E-state index in [0.29, 0.717) is 19.7 Å². The SMILES string of the molecule is COC[C@@H]1CN(C(=O)c2ccccc2C)Cc2cn(CC3CC3)nc21. The second-order valence-electron chi connectivity index (χ2n) is 7.36. The summed E-state index contributed by atoms with van der Waals surface area (Å²) in [7, 11) is 1.71. The van der Waals surface area contributed by atoms with Gasteiger partial charge < -0.3 is 9.64 Å². The Hall–Kier alpha value is -2.14. The minimum Gasteiger partial charge on any atom is -0.384 e. The fourth-order valence-corrected chi connectivity index (χ4v) is 3.70. The Morgan fingerprint density at radius 3 is 2.84 bits per heavy atom. The summed E-state index contributed by atoms with van der Waals surface area (Å²) in [6.45, 7) is 4.87. The number of aryl methyl sites for hydroxylation is 1. The molecule has 1 amide bonds. The van der Waals surface area contributed by atoms with Crippen LogP contribution in [0.4, 0.5) is 0 Å². The van der Waals surface area contributed by atoms with Crippen molar-refractivity contribution in [1.82, 2.24) is 14.7 Å². The molecule has 132 valence electrons. The van der Waals surface area contributed by atoms with Gasteiger partial charge in [0.15, 0.2) is 0 Å². The second kappa shape index (κ2) is 6.64. The third-order valence-electron chi connectivity index (χ3n) is 5.23. The predicted octanol–water partition coefficient (Wildman–Crippen LogP) is 2.99. The van der Waals surface area contributed by atoms with Crippen LogP contribution in [0.1, 0.15) is 45.9 Å². The van der Waals surface area contributed by atoms with E-state index < -0.39 is 0 Å². The quantitative estimate of drug-likeness (QED) is 0.841. The van der Waals surface area contributed by atoms with Gasteiger partial charge in [0, 0.05) is 50.0 Å². The summed E-state index contributed by atoms with van der Waals surface area (Å²) >= 11 is 0. The fraction of sp³-hybridized carbons (Fsp3) is 0.500. The van der Waals surface area contributed by atoms with Crippen LogP contribution in [-0.4, -0.2) is 40.8 Å². The van der Waals surface area contributed by atoms with E-state index >= 15 is 0 Å². The first-order valence-corrected chi connectivity index (χ1v) is 9.05. The minimum absolute atomic E-state index is 0.0970. The zero-order valence-electron chi connectivity index (χ0n) is 14.9. The second-order valence-corrected chi connectivity index (χ2v) is 7.36. The molecular weight excluding hydrogens is 314 g/mol. The normalized spacial score (nSPS) is 19.8. The third-order valence-corrected chi connectivity index (χ3v) is 5.23. The number of amides is 1. The van der Waals surface area contributed by atoms with E-state index in [4.69, 9.17) is 9.84 Å². The van der Waals surface area contributed by atoms with Gasteiger partial charge in [-0.3, -0.25) is 9.48 Å². The zero-order valence-corrected chi connectivity index (χ0v) is 14.9. The van der Waals surface area contributed by atoms with Crippen molar-refractivity contribution in [2.24, 2.45) is 5.92 Å². The summed E-state index contributed by atoms with van der Waals surface area (Å²) in [4.78, 5) is 15.0. The van der Waals surface area contributed by atoms with Crippen molar-refractivity contribution in [2.75, 3.05) is 20.3 Å². The lowest BCUT2D eigenvalue weighted by molar-refractivity contribution is 0.0678. The minimum atomic E-state index is 0.0970. The van der Waals surface area contributed by atoms with Gasteiger partial charge in [-0.1, -0.05) is 18.2 Å². The summed E-state index contributed by atoms with van der Waals surface area (Å²) in [5.41, 5.74) is 4.07. The smallest absolute Gasteiger partial charge is 0.254 e. The van der Waals surface area contributed by atoms with Crippen molar-refractivity contribution >= 4 is 5.91 Å². The van der Waals surface area contributed by atoms with E-state index in [-0.39, 0.29) is 11.8 Å². The van der Waals surface area contributed by atoms with E-state index in [0.717, 1.165) is 34.8 Å². The number of hydrogen-bond acceptors (Lipinski definition) is 3. The van der Waals surface area contributed by atoms with Crippen molar-refractivity contribution in [3.63, 3.8) is 0 Å². The van der Waals surface area contributed by atoms with Gasteiger partial charge in [0.2, 0.25) is 0 Å². The van der Waals surface area contributed by atoms with E-state index in [1.165, 1.54) is 12.8 Å². The molecule has 1 aliphatic carbocycles. The van der Waals surface area contributed by atoms with Crippen LogP contribution in [-0.2, 0) is 17.8 Å². The van der Waals surface area contributed by atoms with Gasteiger partial charge in [-0.2, -0.15) is 5.10 Å². The number of fused-ring (bicyclic) bond motifs is 1. The molecule has 4 rings (SSSR count). The van der Waals surface area contributed by atoms with Gasteiger partial charge in [0.1, 0.15) is 0 Å². The molecule has 1 aromatic heterocycles. The molecule has 1 saturated carbocycles. The lowest BCUT2D eigenvalue weighted by Gasteiger charge is -2.32. The average molecular weight is 339 g/mol. The van der Waals surface area contributed by atoms with Crippen molar-refractivity contribution in [1.29, 1.82) is 0 Å². The monoisotopic (exact) mass is 339 g/mol. The predicted molar refractivity (Wildman–Crippen MR) is 95.5 cm³/mol. The number of benzene rings is 1. The fourth-order valence-electron chi connectivity index (χ4n) is 3.70. The summed E-state index contributed by atoms with van der Waals surface area (Å²) in [5, 5.41) is 4.81. The molecule has 1 atom stereocenters. The molecule has 0 spiro atoms. The largest absolute Gasteiger partial charge is 0.384 e. The molecule has 0 bridgehead atoms. The highest BCUT2D eigenvalue weighted by molar-refractivity contribution is 5.95. The van der Waals surface area contributed by atoms with Gasteiger partial charge in [-0.05, 0) is 37.3 Å². The molecular formula is C20H25N3O2. The number of rotatable bonds is 5. The molecule has 2 aliphatic rings. The van der Waals surface area contributed by atoms with Gasteiger partial charge in [0.05, 0.1) is 12.3 Å². The van der Waals surface area contributed by atoms with E-state index in [9.17, 15) is 4.79 Å². The maximum atomic E-state index is 13.0. The highest BCUT2D eigenvalue weighted by Gasteiger charge is 2.32. The van der Waals surface area contributed by atoms with Crippen molar-refractivity contribution < 1.29 is 9.53 Å². The first kappa shape index (κ1) is 16.3. The van der Waals surface area contributed by atoms with Crippen LogP contribution in [0.2, 0.25) is 0 Å². The first-order valence-electron chi connectivity index (χ1n) is 9.05. The first-order chi connectivity index (χ1) is 12.2. The van der Waals surface area contributed by atoms with Crippen LogP contribution in [0.25, 0.3) is 0 Å². The van der Waals surface area contributed by atoms with Crippen molar-refractivity contribution in [2.45, 2.75) is 38.8 Å². The molecule has 0 saturated heterocycles. The third kappa shape index (κ3) is 3.33. The van der Waals surface area contributed by atoms with Crippen LogP contribution >= 0.6 is 0 Å². The molecule has 5 heteroatoms. The lowest BCUT2D eigenvalue weighted by Crippen LogP contribution is -2.39. The van der Waals surface area contributed by atoms with Crippen LogP contribution in [0, 0.1) is 12.8 Å². The summed E-state index contributed by atoms with van der Waals surface area (Å²) in [6.07, 6.45) is 4.75. The average Bonchev–Trinajstić information content (AvgIpc) is 3.31. The number of aromatic nitrogens is 2. The van der Waals surface area contributed by atoms with Crippen LogP contribution in [0.5, 0.6) is 0 Å². The Kier molecular flexibility index (Phi) is 4.34. The molecule has 1 aliphatic heterocycles. The van der Waals surface area contributed by atoms with Crippen LogP contribution in [0.15, 0.2) is 30.5 Å². The van der Waals surface area contributed by atoms with Crippen molar-refractivity contribution in [3.05, 3.63) is 52.8 Å². The number of carbonyl (C=O) groups is 1. The molecule has 1 aromatic carbocycles. The van der Waals surface area contributed by atoms with E-state index in [1.807, 2.05) is 36.1 Å². The number of hydrogen-bond donors (Lipinski definition) is 0. The number of ether oxygens (including phenoxy) is 1. The molecule has 2 aromatic rings.